The van der Waals surface area contributed by atoms with Crippen LogP contribution in [0.5, 0.6) is 0 Å². The van der Waals surface area contributed by atoms with E-state index in [-0.39, 0.29) is 4.99 Å². The molecule has 2 aliphatic carbocycles. The molecular formula is C25H36N6S2. The van der Waals surface area contributed by atoms with E-state index in [0.717, 1.165) is 11.4 Å². The molecule has 0 saturated heterocycles. The van der Waals surface area contributed by atoms with Crippen molar-refractivity contribution in [1.29, 1.82) is 10.5 Å². The largest absolute Gasteiger partial charge is 0.389 e. The summed E-state index contributed by atoms with van der Waals surface area (Å²) in [5.74, 6) is 0. The van der Waals surface area contributed by atoms with Gasteiger partial charge in [-0.15, -0.1) is 0 Å². The fraction of sp³-hybridized carbons (Fsp3) is 0.600. The average molecular weight is 485 g/mol. The zero-order valence-corrected chi connectivity index (χ0v) is 21.2. The molecule has 0 aromatic carbocycles. The molecule has 8 heteroatoms. The lowest BCUT2D eigenvalue weighted by Gasteiger charge is -2.18. The van der Waals surface area contributed by atoms with Gasteiger partial charge in [-0.05, 0) is 38.7 Å². The summed E-state index contributed by atoms with van der Waals surface area (Å²) >= 11 is 9.96. The topological polar surface area (TPSA) is 113 Å². The second-order valence-electron chi connectivity index (χ2n) is 8.85. The summed E-state index contributed by atoms with van der Waals surface area (Å²) in [5, 5.41) is 24.9. The van der Waals surface area contributed by atoms with E-state index in [1.165, 1.54) is 77.0 Å². The van der Waals surface area contributed by atoms with Gasteiger partial charge in [-0.2, -0.15) is 10.5 Å². The van der Waals surface area contributed by atoms with Crippen molar-refractivity contribution in [2.75, 3.05) is 5.32 Å². The van der Waals surface area contributed by atoms with Crippen molar-refractivity contribution in [3.63, 3.8) is 0 Å². The Morgan fingerprint density at radius 3 is 2.03 bits per heavy atom. The minimum absolute atomic E-state index is 0.182. The zero-order valence-electron chi connectivity index (χ0n) is 19.6. The van der Waals surface area contributed by atoms with E-state index in [0.29, 0.717) is 27.9 Å². The Hall–Kier alpha value is -2.42. The molecule has 5 N–H and O–H groups in total. The maximum Gasteiger partial charge on any atom is 0.123 e. The lowest BCUT2D eigenvalue weighted by molar-refractivity contribution is 0.501. The molecule has 33 heavy (non-hydrogen) atoms. The van der Waals surface area contributed by atoms with Crippen LogP contribution in [0.1, 0.15) is 89.5 Å². The van der Waals surface area contributed by atoms with Crippen LogP contribution in [0.25, 0.3) is 0 Å². The molecule has 1 heterocycles. The number of nitrogens with zero attached hydrogens (tertiary/aromatic N) is 2. The first-order valence-electron chi connectivity index (χ1n) is 12.0. The van der Waals surface area contributed by atoms with Crippen LogP contribution in [0, 0.1) is 27.3 Å². The minimum Gasteiger partial charge on any atom is -0.389 e. The number of pyridine rings is 1. The number of aromatic amines is 1. The molecule has 0 atom stereocenters. The molecule has 2 aliphatic rings. The number of aromatic nitrogens is 1. The molecule has 2 fully saturated rings. The second kappa shape index (κ2) is 14.7. The van der Waals surface area contributed by atoms with Gasteiger partial charge in [-0.1, -0.05) is 75.8 Å². The predicted molar refractivity (Wildman–Crippen MR) is 141 cm³/mol. The normalized spacial score (nSPS) is 18.2. The molecule has 1 aromatic rings. The highest BCUT2D eigenvalue weighted by Crippen LogP contribution is 2.23. The van der Waals surface area contributed by atoms with Gasteiger partial charge in [-0.25, -0.2) is 0 Å². The van der Waals surface area contributed by atoms with Crippen LogP contribution in [0.15, 0.2) is 23.5 Å². The Bertz CT molecular complexity index is 937. The summed E-state index contributed by atoms with van der Waals surface area (Å²) in [7, 11) is 0. The van der Waals surface area contributed by atoms with E-state index in [2.05, 4.69) is 27.8 Å². The molecule has 0 amide bonds. The number of nitriles is 2. The maximum atomic E-state index is 9.11. The SMILES string of the molecule is C/C(NC1CCCCCC1)=C(\C#N)C(N)=S.N#Cc1c(NC2CCCCCC2)cc[nH]c1=S. The van der Waals surface area contributed by atoms with Crippen molar-refractivity contribution in [1.82, 2.24) is 10.3 Å². The van der Waals surface area contributed by atoms with Crippen LogP contribution < -0.4 is 16.4 Å². The Morgan fingerprint density at radius 1 is 1.00 bits per heavy atom. The fourth-order valence-corrected chi connectivity index (χ4v) is 4.90. The van der Waals surface area contributed by atoms with Crippen molar-refractivity contribution < 1.29 is 0 Å². The van der Waals surface area contributed by atoms with Gasteiger partial charge in [0.1, 0.15) is 32.9 Å². The average Bonchev–Trinajstić information content (AvgIpc) is 3.20. The van der Waals surface area contributed by atoms with Crippen LogP contribution >= 0.6 is 24.4 Å². The standard InChI is InChI=1S/C13H17N3S.C12H19N3S/c14-9-11-12(7-8-15-13(11)17)16-10-5-3-1-2-4-6-10;1-9(11(8-13)12(14)16)15-10-6-4-2-3-5-7-10/h7-8,10H,1-6H2,(H2,15,16,17);10,15H,2-7H2,1H3,(H2,14,16)/b;11-9-. The molecule has 6 nitrogen and oxygen atoms in total. The number of hydrogen-bond donors (Lipinski definition) is 4. The van der Waals surface area contributed by atoms with E-state index in [1.54, 1.807) is 6.20 Å². The number of allylic oxidation sites excluding steroid dienone is 1. The highest BCUT2D eigenvalue weighted by atomic mass is 32.1. The van der Waals surface area contributed by atoms with Gasteiger partial charge in [0.25, 0.3) is 0 Å². The van der Waals surface area contributed by atoms with E-state index in [4.69, 9.17) is 40.7 Å². The molecule has 0 spiro atoms. The van der Waals surface area contributed by atoms with Gasteiger partial charge in [0, 0.05) is 24.0 Å². The first-order valence-corrected chi connectivity index (χ1v) is 12.8. The summed E-state index contributed by atoms with van der Waals surface area (Å²) in [4.78, 5) is 3.07. The predicted octanol–water partition coefficient (Wildman–Crippen LogP) is 6.13. The third-order valence-corrected chi connectivity index (χ3v) is 6.82. The fourth-order valence-electron chi connectivity index (χ4n) is 4.48. The number of anilines is 1. The third kappa shape index (κ3) is 9.15. The van der Waals surface area contributed by atoms with Gasteiger partial charge >= 0.3 is 0 Å². The number of nitrogens with two attached hydrogens (primary N) is 1. The van der Waals surface area contributed by atoms with Crippen molar-refractivity contribution in [2.45, 2.75) is 96.1 Å². The number of hydrogen-bond acceptors (Lipinski definition) is 6. The van der Waals surface area contributed by atoms with Gasteiger partial charge < -0.3 is 21.4 Å². The quantitative estimate of drug-likeness (QED) is 0.172. The third-order valence-electron chi connectivity index (χ3n) is 6.30. The lowest BCUT2D eigenvalue weighted by atomic mass is 10.1. The number of rotatable bonds is 5. The molecule has 0 radical (unpaired) electrons. The molecule has 178 valence electrons. The number of thiocarbonyl (C=S) groups is 1. The first-order chi connectivity index (χ1) is 16.0. The van der Waals surface area contributed by atoms with Crippen molar-refractivity contribution in [2.24, 2.45) is 5.73 Å². The van der Waals surface area contributed by atoms with Crippen molar-refractivity contribution >= 4 is 35.1 Å². The minimum atomic E-state index is 0.182. The Labute approximate surface area is 208 Å². The lowest BCUT2D eigenvalue weighted by Crippen LogP contribution is -2.29. The van der Waals surface area contributed by atoms with Gasteiger partial charge in [0.2, 0.25) is 0 Å². The van der Waals surface area contributed by atoms with Gasteiger partial charge in [0.15, 0.2) is 0 Å². The summed E-state index contributed by atoms with van der Waals surface area (Å²) in [5.41, 5.74) is 8.17. The van der Waals surface area contributed by atoms with E-state index < -0.39 is 0 Å². The molecule has 0 aliphatic heterocycles. The molecular weight excluding hydrogens is 448 g/mol. The van der Waals surface area contributed by atoms with Gasteiger partial charge in [0.05, 0.1) is 5.69 Å². The first kappa shape index (κ1) is 26.8. The molecule has 0 bridgehead atoms. The number of nitrogens with one attached hydrogen (secondary N) is 3. The summed E-state index contributed by atoms with van der Waals surface area (Å²) in [6.07, 6.45) is 16.9. The van der Waals surface area contributed by atoms with E-state index in [9.17, 15) is 0 Å². The second-order valence-corrected chi connectivity index (χ2v) is 9.70. The summed E-state index contributed by atoms with van der Waals surface area (Å²) < 4.78 is 0.520. The Balaban J connectivity index is 0.000000234. The van der Waals surface area contributed by atoms with Crippen LogP contribution in [0.2, 0.25) is 0 Å². The van der Waals surface area contributed by atoms with Crippen LogP contribution in [-0.4, -0.2) is 22.1 Å². The van der Waals surface area contributed by atoms with E-state index >= 15 is 0 Å². The Kier molecular flexibility index (Phi) is 11.9. The van der Waals surface area contributed by atoms with Gasteiger partial charge in [-0.3, -0.25) is 0 Å². The van der Waals surface area contributed by atoms with Crippen LogP contribution in [-0.2, 0) is 0 Å². The summed E-state index contributed by atoms with van der Waals surface area (Å²) in [6, 6.07) is 7.09. The molecule has 0 unspecified atom stereocenters. The zero-order chi connectivity index (χ0) is 24.1. The summed E-state index contributed by atoms with van der Waals surface area (Å²) in [6.45, 7) is 1.88. The van der Waals surface area contributed by atoms with E-state index in [1.807, 2.05) is 13.0 Å². The van der Waals surface area contributed by atoms with Crippen molar-refractivity contribution in [3.05, 3.63) is 33.7 Å². The molecule has 3 rings (SSSR count). The number of H-pyrrole nitrogens is 1. The highest BCUT2D eigenvalue weighted by molar-refractivity contribution is 7.80. The molecule has 1 aromatic heterocycles. The monoisotopic (exact) mass is 484 g/mol. The van der Waals surface area contributed by atoms with Crippen LogP contribution in [0.4, 0.5) is 5.69 Å². The van der Waals surface area contributed by atoms with Crippen molar-refractivity contribution in [3.8, 4) is 12.1 Å². The Morgan fingerprint density at radius 2 is 1.55 bits per heavy atom. The smallest absolute Gasteiger partial charge is 0.123 e. The molecule has 2 saturated carbocycles. The van der Waals surface area contributed by atoms with Crippen LogP contribution in [0.3, 0.4) is 0 Å². The maximum absolute atomic E-state index is 9.11. The highest BCUT2D eigenvalue weighted by Gasteiger charge is 2.15.